The van der Waals surface area contributed by atoms with Crippen LogP contribution in [0.25, 0.3) is 0 Å². The number of amides is 2. The maximum Gasteiger partial charge on any atom is 0.241 e. The molecule has 2 amide bonds. The minimum Gasteiger partial charge on any atom is -0.389 e. The Kier molecular flexibility index (Phi) is 7.59. The third-order valence-electron chi connectivity index (χ3n) is 4.64. The van der Waals surface area contributed by atoms with Gasteiger partial charge >= 0.3 is 0 Å². The fourth-order valence-corrected chi connectivity index (χ4v) is 3.61. The van der Waals surface area contributed by atoms with Crippen molar-refractivity contribution in [3.05, 3.63) is 12.2 Å². The number of rotatable bonds is 8. The fourth-order valence-electron chi connectivity index (χ4n) is 3.61. The Morgan fingerprint density at radius 3 is 2.32 bits per heavy atom. The Balaban J connectivity index is 2.34. The molecule has 1 rings (SSSR count). The second kappa shape index (κ2) is 8.78. The molecule has 7 heteroatoms. The van der Waals surface area contributed by atoms with Gasteiger partial charge in [-0.25, -0.2) is 0 Å². The lowest BCUT2D eigenvalue weighted by Crippen LogP contribution is -2.62. The van der Waals surface area contributed by atoms with E-state index in [1.54, 1.807) is 0 Å². The van der Waals surface area contributed by atoms with Gasteiger partial charge in [0.05, 0.1) is 6.10 Å². The molecule has 0 aliphatic carbocycles. The first-order chi connectivity index (χ1) is 11.4. The summed E-state index contributed by atoms with van der Waals surface area (Å²) in [6, 6.07) is 0.0324. The van der Waals surface area contributed by atoms with E-state index in [0.717, 1.165) is 6.08 Å². The molecule has 25 heavy (non-hydrogen) atoms. The van der Waals surface area contributed by atoms with Crippen molar-refractivity contribution in [2.24, 2.45) is 5.73 Å². The number of aliphatic hydroxyl groups excluding tert-OH is 1. The number of carbonyl (C=O) groups is 2. The molecule has 1 saturated heterocycles. The second-order valence-corrected chi connectivity index (χ2v) is 8.18. The lowest BCUT2D eigenvalue weighted by molar-refractivity contribution is -0.246. The molecule has 1 heterocycles. The standard InChI is InChI=1S/C18H33N3O4/c1-17(2)11-13(12-18(3,4)21(17)25)20-16(24)8-6-5-7-14(22)9-10-15(19)23/h9-10,13-14,22,25H,5-8,11-12H2,1-4H3,(H2,19,23)(H,20,24). The Hall–Kier alpha value is -1.44. The minimum atomic E-state index is -0.717. The molecule has 7 nitrogen and oxygen atoms in total. The maximum absolute atomic E-state index is 12.1. The molecule has 0 aromatic heterocycles. The van der Waals surface area contributed by atoms with E-state index in [1.165, 1.54) is 11.1 Å². The van der Waals surface area contributed by atoms with Gasteiger partial charge in [-0.1, -0.05) is 12.5 Å². The van der Waals surface area contributed by atoms with Crippen molar-refractivity contribution < 1.29 is 19.9 Å². The lowest BCUT2D eigenvalue weighted by Gasteiger charge is -2.51. The molecule has 0 saturated carbocycles. The first-order valence-corrected chi connectivity index (χ1v) is 8.88. The minimum absolute atomic E-state index is 0.00911. The number of nitrogens with two attached hydrogens (primary N) is 1. The highest BCUT2D eigenvalue weighted by Crippen LogP contribution is 2.36. The molecule has 0 spiro atoms. The van der Waals surface area contributed by atoms with Crippen LogP contribution < -0.4 is 11.1 Å². The van der Waals surface area contributed by atoms with E-state index < -0.39 is 23.1 Å². The van der Waals surface area contributed by atoms with Gasteiger partial charge in [-0.2, -0.15) is 5.06 Å². The highest BCUT2D eigenvalue weighted by molar-refractivity contribution is 5.85. The number of primary amides is 1. The third-order valence-corrected chi connectivity index (χ3v) is 4.64. The zero-order valence-electron chi connectivity index (χ0n) is 15.8. The van der Waals surface area contributed by atoms with E-state index in [0.29, 0.717) is 38.5 Å². The molecule has 144 valence electrons. The summed E-state index contributed by atoms with van der Waals surface area (Å²) >= 11 is 0. The van der Waals surface area contributed by atoms with Crippen molar-refractivity contribution in [3.8, 4) is 0 Å². The van der Waals surface area contributed by atoms with Gasteiger partial charge in [0.15, 0.2) is 0 Å². The highest BCUT2D eigenvalue weighted by Gasteiger charge is 2.45. The molecule has 1 atom stereocenters. The van der Waals surface area contributed by atoms with Gasteiger partial charge in [-0.05, 0) is 53.4 Å². The predicted molar refractivity (Wildman–Crippen MR) is 95.8 cm³/mol. The monoisotopic (exact) mass is 355 g/mol. The third kappa shape index (κ3) is 7.13. The molecular formula is C18H33N3O4. The molecule has 1 aliphatic heterocycles. The Morgan fingerprint density at radius 1 is 1.24 bits per heavy atom. The van der Waals surface area contributed by atoms with Gasteiger partial charge in [0.1, 0.15) is 0 Å². The van der Waals surface area contributed by atoms with Gasteiger partial charge in [0.25, 0.3) is 0 Å². The van der Waals surface area contributed by atoms with Crippen LogP contribution >= 0.6 is 0 Å². The van der Waals surface area contributed by atoms with E-state index >= 15 is 0 Å². The lowest BCUT2D eigenvalue weighted by atomic mass is 9.79. The molecule has 0 bridgehead atoms. The van der Waals surface area contributed by atoms with Crippen LogP contribution in [0.3, 0.4) is 0 Å². The number of nitrogens with one attached hydrogen (secondary N) is 1. The molecule has 1 unspecified atom stereocenters. The summed E-state index contributed by atoms with van der Waals surface area (Å²) in [4.78, 5) is 22.7. The molecule has 0 radical (unpaired) electrons. The molecular weight excluding hydrogens is 322 g/mol. The maximum atomic E-state index is 12.1. The van der Waals surface area contributed by atoms with E-state index in [2.05, 4.69) is 5.32 Å². The fraction of sp³-hybridized carbons (Fsp3) is 0.778. The number of carbonyl (C=O) groups excluding carboxylic acids is 2. The van der Waals surface area contributed by atoms with Crippen LogP contribution in [0.5, 0.6) is 0 Å². The highest BCUT2D eigenvalue weighted by atomic mass is 16.5. The zero-order valence-corrected chi connectivity index (χ0v) is 15.8. The molecule has 5 N–H and O–H groups in total. The van der Waals surface area contributed by atoms with Crippen LogP contribution in [0.15, 0.2) is 12.2 Å². The van der Waals surface area contributed by atoms with Crippen LogP contribution in [0, 0.1) is 0 Å². The summed E-state index contributed by atoms with van der Waals surface area (Å²) in [5.41, 5.74) is 4.18. The van der Waals surface area contributed by atoms with Crippen molar-refractivity contribution in [2.75, 3.05) is 0 Å². The first-order valence-electron chi connectivity index (χ1n) is 8.88. The van der Waals surface area contributed by atoms with Crippen LogP contribution in [0.2, 0.25) is 0 Å². The second-order valence-electron chi connectivity index (χ2n) is 8.18. The van der Waals surface area contributed by atoms with Crippen molar-refractivity contribution in [1.82, 2.24) is 10.4 Å². The number of hydrogen-bond donors (Lipinski definition) is 4. The van der Waals surface area contributed by atoms with Gasteiger partial charge < -0.3 is 21.4 Å². The average Bonchev–Trinajstić information content (AvgIpc) is 2.46. The van der Waals surface area contributed by atoms with Crippen LogP contribution in [-0.2, 0) is 9.59 Å². The van der Waals surface area contributed by atoms with Crippen LogP contribution in [0.4, 0.5) is 0 Å². The number of piperidine rings is 1. The predicted octanol–water partition coefficient (Wildman–Crippen LogP) is 1.48. The van der Waals surface area contributed by atoms with Gasteiger partial charge in [-0.15, -0.1) is 0 Å². The summed E-state index contributed by atoms with van der Waals surface area (Å²) in [5.74, 6) is -0.594. The normalized spacial score (nSPS) is 22.0. The summed E-state index contributed by atoms with van der Waals surface area (Å²) in [6.07, 6.45) is 5.41. The molecule has 0 aromatic rings. The SMILES string of the molecule is CC1(C)CC(NC(=O)CCCCC(O)C=CC(N)=O)CC(C)(C)N1O. The van der Waals surface area contributed by atoms with Crippen LogP contribution in [-0.4, -0.2) is 50.4 Å². The van der Waals surface area contributed by atoms with E-state index in [9.17, 15) is 19.9 Å². The first kappa shape index (κ1) is 21.6. The van der Waals surface area contributed by atoms with Gasteiger partial charge in [-0.3, -0.25) is 9.59 Å². The Morgan fingerprint density at radius 2 is 1.80 bits per heavy atom. The largest absolute Gasteiger partial charge is 0.389 e. The van der Waals surface area contributed by atoms with Crippen molar-refractivity contribution in [3.63, 3.8) is 0 Å². The number of aliphatic hydroxyl groups is 1. The van der Waals surface area contributed by atoms with Gasteiger partial charge in [0.2, 0.25) is 11.8 Å². The number of nitrogens with zero attached hydrogens (tertiary/aromatic N) is 1. The zero-order chi connectivity index (χ0) is 19.3. The number of hydroxylamine groups is 2. The summed E-state index contributed by atoms with van der Waals surface area (Å²) in [7, 11) is 0. The van der Waals surface area contributed by atoms with Crippen molar-refractivity contribution in [2.45, 2.75) is 89.4 Å². The average molecular weight is 355 g/mol. The molecule has 1 aliphatic rings. The topological polar surface area (TPSA) is 116 Å². The smallest absolute Gasteiger partial charge is 0.241 e. The summed E-state index contributed by atoms with van der Waals surface area (Å²) in [5, 5.41) is 24.4. The van der Waals surface area contributed by atoms with Crippen molar-refractivity contribution in [1.29, 1.82) is 0 Å². The number of unbranched alkanes of at least 4 members (excludes halogenated alkanes) is 1. The van der Waals surface area contributed by atoms with E-state index in [1.807, 2.05) is 27.7 Å². The Labute approximate surface area is 150 Å². The van der Waals surface area contributed by atoms with E-state index in [4.69, 9.17) is 5.73 Å². The quantitative estimate of drug-likeness (QED) is 0.389. The van der Waals surface area contributed by atoms with Gasteiger partial charge in [0, 0.05) is 29.6 Å². The summed E-state index contributed by atoms with van der Waals surface area (Å²) in [6.45, 7) is 7.87. The van der Waals surface area contributed by atoms with Crippen molar-refractivity contribution >= 4 is 11.8 Å². The van der Waals surface area contributed by atoms with Crippen LogP contribution in [0.1, 0.15) is 66.2 Å². The Bertz CT molecular complexity index is 485. The summed E-state index contributed by atoms with van der Waals surface area (Å²) < 4.78 is 0. The number of hydrogen-bond acceptors (Lipinski definition) is 5. The molecule has 1 fully saturated rings. The molecule has 0 aromatic carbocycles. The van der Waals surface area contributed by atoms with E-state index in [-0.39, 0.29) is 11.9 Å².